The van der Waals surface area contributed by atoms with Crippen LogP contribution in [0.25, 0.3) is 0 Å². The van der Waals surface area contributed by atoms with Gasteiger partial charge in [0.2, 0.25) is 0 Å². The minimum absolute atomic E-state index is 0.0669. The molecule has 1 aromatic rings. The van der Waals surface area contributed by atoms with Crippen LogP contribution in [-0.2, 0) is 9.53 Å². The molecule has 5 nitrogen and oxygen atoms in total. The van der Waals surface area contributed by atoms with Crippen LogP contribution in [0.3, 0.4) is 0 Å². The summed E-state index contributed by atoms with van der Waals surface area (Å²) in [5.74, 6) is 0.0323. The maximum Gasteiger partial charge on any atom is 0.325 e. The first-order valence-electron chi connectivity index (χ1n) is 5.63. The van der Waals surface area contributed by atoms with Crippen molar-refractivity contribution in [2.75, 3.05) is 27.3 Å². The number of benzene rings is 1. The van der Waals surface area contributed by atoms with E-state index >= 15 is 0 Å². The lowest BCUT2D eigenvalue weighted by Gasteiger charge is -2.15. The summed E-state index contributed by atoms with van der Waals surface area (Å²) in [5, 5.41) is 0. The molecule has 0 unspecified atom stereocenters. The number of likely N-dealkylation sites (N-methyl/N-ethyl adjacent to an activating group) is 1. The highest BCUT2D eigenvalue weighted by atomic mass is 16.5. The molecular weight excluding hydrogens is 234 g/mol. The number of nitrogens with zero attached hydrogens (tertiary/aromatic N) is 1. The molecule has 1 rings (SSSR count). The van der Waals surface area contributed by atoms with Crippen molar-refractivity contribution < 1.29 is 19.1 Å². The number of esters is 1. The standard InChI is InChI=1S/C13H17NO4/c1-4-18-11-7-5-10(6-8-11)13(16)14(2)9-12(15)17-3/h5-8H,4,9H2,1-3H3. The highest BCUT2D eigenvalue weighted by Crippen LogP contribution is 2.13. The van der Waals surface area contributed by atoms with Gasteiger partial charge >= 0.3 is 5.97 Å². The molecule has 0 aliphatic rings. The molecule has 18 heavy (non-hydrogen) atoms. The van der Waals surface area contributed by atoms with Gasteiger partial charge in [-0.15, -0.1) is 0 Å². The molecule has 0 aliphatic heterocycles. The Morgan fingerprint density at radius 3 is 2.33 bits per heavy atom. The van der Waals surface area contributed by atoms with Crippen LogP contribution in [0.2, 0.25) is 0 Å². The Kier molecular flexibility index (Phi) is 5.17. The number of ether oxygens (including phenoxy) is 2. The van der Waals surface area contributed by atoms with E-state index in [1.165, 1.54) is 12.0 Å². The molecule has 0 heterocycles. The van der Waals surface area contributed by atoms with Crippen LogP contribution in [0, 0.1) is 0 Å². The van der Waals surface area contributed by atoms with E-state index in [-0.39, 0.29) is 12.5 Å². The number of methoxy groups -OCH3 is 1. The zero-order chi connectivity index (χ0) is 13.5. The summed E-state index contributed by atoms with van der Waals surface area (Å²) in [6.45, 7) is 2.40. The first kappa shape index (κ1) is 14.0. The van der Waals surface area contributed by atoms with Gasteiger partial charge in [0.05, 0.1) is 13.7 Å². The minimum atomic E-state index is -0.447. The first-order valence-corrected chi connectivity index (χ1v) is 5.63. The fraction of sp³-hybridized carbons (Fsp3) is 0.385. The summed E-state index contributed by atoms with van der Waals surface area (Å²) in [5.41, 5.74) is 0.504. The third kappa shape index (κ3) is 3.76. The molecule has 0 bridgehead atoms. The molecule has 0 radical (unpaired) electrons. The first-order chi connectivity index (χ1) is 8.58. The maximum absolute atomic E-state index is 11.9. The van der Waals surface area contributed by atoms with Gasteiger partial charge in [-0.25, -0.2) is 0 Å². The third-order valence-corrected chi connectivity index (χ3v) is 2.35. The lowest BCUT2D eigenvalue weighted by molar-refractivity contribution is -0.141. The van der Waals surface area contributed by atoms with E-state index in [2.05, 4.69) is 4.74 Å². The van der Waals surface area contributed by atoms with Crippen molar-refractivity contribution in [3.05, 3.63) is 29.8 Å². The van der Waals surface area contributed by atoms with E-state index in [1.54, 1.807) is 31.3 Å². The molecule has 0 N–H and O–H groups in total. The van der Waals surface area contributed by atoms with Crippen molar-refractivity contribution in [2.24, 2.45) is 0 Å². The molecule has 5 heteroatoms. The van der Waals surface area contributed by atoms with Crippen LogP contribution in [0.4, 0.5) is 0 Å². The topological polar surface area (TPSA) is 55.8 Å². The maximum atomic E-state index is 11.9. The Bertz CT molecular complexity index is 414. The van der Waals surface area contributed by atoms with E-state index in [4.69, 9.17) is 4.74 Å². The van der Waals surface area contributed by atoms with Crippen LogP contribution < -0.4 is 4.74 Å². The van der Waals surface area contributed by atoms with Gasteiger partial charge in [-0.2, -0.15) is 0 Å². The SMILES string of the molecule is CCOc1ccc(C(=O)N(C)CC(=O)OC)cc1. The summed E-state index contributed by atoms with van der Waals surface area (Å²) in [6.07, 6.45) is 0. The number of hydrogen-bond donors (Lipinski definition) is 0. The predicted molar refractivity (Wildman–Crippen MR) is 66.6 cm³/mol. The Labute approximate surface area is 106 Å². The number of carbonyl (C=O) groups excluding carboxylic acids is 2. The van der Waals surface area contributed by atoms with Crippen LogP contribution in [0.1, 0.15) is 17.3 Å². The van der Waals surface area contributed by atoms with Crippen LogP contribution >= 0.6 is 0 Å². The highest BCUT2D eigenvalue weighted by Gasteiger charge is 2.14. The van der Waals surface area contributed by atoms with Gasteiger partial charge in [0.15, 0.2) is 0 Å². The molecule has 1 amide bonds. The molecule has 0 spiro atoms. The number of amides is 1. The Hall–Kier alpha value is -2.04. The molecule has 0 aromatic heterocycles. The minimum Gasteiger partial charge on any atom is -0.494 e. The van der Waals surface area contributed by atoms with Gasteiger partial charge in [-0.3, -0.25) is 9.59 Å². The lowest BCUT2D eigenvalue weighted by Crippen LogP contribution is -2.32. The third-order valence-electron chi connectivity index (χ3n) is 2.35. The van der Waals surface area contributed by atoms with Gasteiger partial charge in [-0.05, 0) is 31.2 Å². The summed E-state index contributed by atoms with van der Waals surface area (Å²) < 4.78 is 9.79. The Morgan fingerprint density at radius 1 is 1.22 bits per heavy atom. The van der Waals surface area contributed by atoms with Gasteiger partial charge in [0, 0.05) is 12.6 Å². The van der Waals surface area contributed by atoms with Crippen molar-refractivity contribution in [2.45, 2.75) is 6.92 Å². The molecule has 1 aromatic carbocycles. The molecule has 0 fully saturated rings. The lowest BCUT2D eigenvalue weighted by atomic mass is 10.2. The zero-order valence-corrected chi connectivity index (χ0v) is 10.8. The van der Waals surface area contributed by atoms with E-state index in [0.29, 0.717) is 17.9 Å². The highest BCUT2D eigenvalue weighted by molar-refractivity contribution is 5.95. The second kappa shape index (κ2) is 6.64. The normalized spacial score (nSPS) is 9.72. The largest absolute Gasteiger partial charge is 0.494 e. The second-order valence-electron chi connectivity index (χ2n) is 3.69. The Balaban J connectivity index is 2.68. The molecule has 0 aliphatic carbocycles. The summed E-state index contributed by atoms with van der Waals surface area (Å²) >= 11 is 0. The van der Waals surface area contributed by atoms with Crippen molar-refractivity contribution >= 4 is 11.9 Å². The van der Waals surface area contributed by atoms with E-state index in [9.17, 15) is 9.59 Å². The predicted octanol–water partition coefficient (Wildman–Crippen LogP) is 1.33. The van der Waals surface area contributed by atoms with Crippen LogP contribution in [-0.4, -0.2) is 44.1 Å². The van der Waals surface area contributed by atoms with Crippen molar-refractivity contribution in [1.29, 1.82) is 0 Å². The molecule has 0 atom stereocenters. The summed E-state index contributed by atoms with van der Waals surface area (Å²) in [4.78, 5) is 24.3. The van der Waals surface area contributed by atoms with Gasteiger partial charge in [0.1, 0.15) is 12.3 Å². The van der Waals surface area contributed by atoms with E-state index in [1.807, 2.05) is 6.92 Å². The number of carbonyl (C=O) groups is 2. The monoisotopic (exact) mass is 251 g/mol. The van der Waals surface area contributed by atoms with Crippen molar-refractivity contribution in [1.82, 2.24) is 4.90 Å². The number of hydrogen-bond acceptors (Lipinski definition) is 4. The molecule has 0 saturated carbocycles. The van der Waals surface area contributed by atoms with Crippen LogP contribution in [0.15, 0.2) is 24.3 Å². The smallest absolute Gasteiger partial charge is 0.325 e. The number of rotatable bonds is 5. The summed E-state index contributed by atoms with van der Waals surface area (Å²) in [6, 6.07) is 6.79. The van der Waals surface area contributed by atoms with Gasteiger partial charge < -0.3 is 14.4 Å². The average Bonchev–Trinajstić information content (AvgIpc) is 2.39. The van der Waals surface area contributed by atoms with Gasteiger partial charge in [-0.1, -0.05) is 0 Å². The van der Waals surface area contributed by atoms with Crippen LogP contribution in [0.5, 0.6) is 5.75 Å². The van der Waals surface area contributed by atoms with E-state index < -0.39 is 5.97 Å². The summed E-state index contributed by atoms with van der Waals surface area (Å²) in [7, 11) is 2.84. The average molecular weight is 251 g/mol. The van der Waals surface area contributed by atoms with Gasteiger partial charge in [0.25, 0.3) is 5.91 Å². The van der Waals surface area contributed by atoms with E-state index in [0.717, 1.165) is 0 Å². The van der Waals surface area contributed by atoms with Crippen molar-refractivity contribution in [3.63, 3.8) is 0 Å². The Morgan fingerprint density at radius 2 is 1.83 bits per heavy atom. The fourth-order valence-electron chi connectivity index (χ4n) is 1.41. The van der Waals surface area contributed by atoms with Crippen molar-refractivity contribution in [3.8, 4) is 5.75 Å². The molecular formula is C13H17NO4. The zero-order valence-electron chi connectivity index (χ0n) is 10.8. The fourth-order valence-corrected chi connectivity index (χ4v) is 1.41. The molecule has 0 saturated heterocycles. The quantitative estimate of drug-likeness (QED) is 0.741. The molecule has 98 valence electrons. The second-order valence-corrected chi connectivity index (χ2v) is 3.69.